The van der Waals surface area contributed by atoms with E-state index in [1.165, 1.54) is 5.56 Å². The highest BCUT2D eigenvalue weighted by atomic mass is 16.4. The van der Waals surface area contributed by atoms with Crippen LogP contribution in [-0.2, 0) is 16.1 Å². The fourth-order valence-corrected chi connectivity index (χ4v) is 0.955. The molecule has 0 aliphatic rings. The van der Waals surface area contributed by atoms with Gasteiger partial charge in [0.25, 0.3) is 0 Å². The second-order valence-corrected chi connectivity index (χ2v) is 3.28. The molecule has 4 N–H and O–H groups in total. The number of carbonyl (C=O) groups is 2. The lowest BCUT2D eigenvalue weighted by Crippen LogP contribution is -2.39. The highest BCUT2D eigenvalue weighted by molar-refractivity contribution is 5.76. The maximum atomic E-state index is 9.58. The predicted molar refractivity (Wildman–Crippen MR) is 58.1 cm³/mol. The number of carbonyl (C=O) groups excluding carboxylic acids is 2. The van der Waals surface area contributed by atoms with Crippen molar-refractivity contribution in [1.29, 1.82) is 0 Å². The Labute approximate surface area is 104 Å². The van der Waals surface area contributed by atoms with Gasteiger partial charge in [0.2, 0.25) is 0 Å². The molecule has 1 aromatic rings. The fraction of sp³-hybridized carbons (Fsp3) is 0.273. The summed E-state index contributed by atoms with van der Waals surface area (Å²) >= 11 is 0. The average Bonchev–Trinajstić information content (AvgIpc) is 2.30. The van der Waals surface area contributed by atoms with Gasteiger partial charge in [-0.25, -0.2) is 0 Å². The number of hydrazine groups is 1. The zero-order chi connectivity index (χ0) is 14.0. The first kappa shape index (κ1) is 16.0. The van der Waals surface area contributed by atoms with E-state index in [1.54, 1.807) is 0 Å². The van der Waals surface area contributed by atoms with E-state index in [0.717, 1.165) is 6.54 Å². The fourth-order valence-electron chi connectivity index (χ4n) is 0.955. The molecule has 18 heavy (non-hydrogen) atoms. The summed E-state index contributed by atoms with van der Waals surface area (Å²) in [5.41, 5.74) is 3.79. The molecule has 0 aliphatic heterocycles. The third-order valence-corrected chi connectivity index (χ3v) is 1.78. The minimum atomic E-state index is -1.96. The number of hydrogen-bond donors (Lipinski definition) is 3. The molecule has 0 fully saturated rings. The number of aliphatic hydroxyl groups is 1. The lowest BCUT2D eigenvalue weighted by Gasteiger charge is -2.10. The molecule has 0 radical (unpaired) electrons. The Morgan fingerprint density at radius 1 is 1.28 bits per heavy atom. The van der Waals surface area contributed by atoms with E-state index in [-0.39, 0.29) is 0 Å². The van der Waals surface area contributed by atoms with E-state index in [2.05, 4.69) is 5.43 Å². The van der Waals surface area contributed by atoms with Gasteiger partial charge in [-0.3, -0.25) is 11.3 Å². The first-order valence-corrected chi connectivity index (χ1v) is 5.03. The van der Waals surface area contributed by atoms with Gasteiger partial charge in [-0.2, -0.15) is 0 Å². The second kappa shape index (κ2) is 9.11. The van der Waals surface area contributed by atoms with Crippen LogP contribution in [0.3, 0.4) is 0 Å². The van der Waals surface area contributed by atoms with Crippen LogP contribution in [0.25, 0.3) is 0 Å². The van der Waals surface area contributed by atoms with Crippen molar-refractivity contribution >= 4 is 11.9 Å². The van der Waals surface area contributed by atoms with E-state index in [4.69, 9.17) is 10.9 Å². The molecule has 7 nitrogen and oxygen atoms in total. The summed E-state index contributed by atoms with van der Waals surface area (Å²) in [6.07, 6.45) is -2.89. The first-order chi connectivity index (χ1) is 8.47. The number of benzene rings is 1. The topological polar surface area (TPSA) is 139 Å². The van der Waals surface area contributed by atoms with Crippen LogP contribution in [0.5, 0.6) is 0 Å². The Morgan fingerprint density at radius 2 is 1.83 bits per heavy atom. The zero-order valence-electron chi connectivity index (χ0n) is 9.54. The molecule has 1 atom stereocenters. The van der Waals surface area contributed by atoms with E-state index in [9.17, 15) is 19.8 Å². The molecule has 1 aromatic carbocycles. The maximum absolute atomic E-state index is 9.58. The summed E-state index contributed by atoms with van der Waals surface area (Å²) in [7, 11) is 0. The quantitative estimate of drug-likeness (QED) is 0.373. The second-order valence-electron chi connectivity index (χ2n) is 3.28. The van der Waals surface area contributed by atoms with Gasteiger partial charge in [0.15, 0.2) is 0 Å². The van der Waals surface area contributed by atoms with Gasteiger partial charge in [-0.05, 0) is 5.56 Å². The Morgan fingerprint density at radius 3 is 2.17 bits per heavy atom. The lowest BCUT2D eigenvalue weighted by atomic mass is 10.2. The average molecular weight is 254 g/mol. The molecule has 0 amide bonds. The van der Waals surface area contributed by atoms with Gasteiger partial charge in [0.05, 0.1) is 12.1 Å². The molecule has 0 aliphatic carbocycles. The van der Waals surface area contributed by atoms with Crippen molar-refractivity contribution in [3.63, 3.8) is 0 Å². The van der Waals surface area contributed by atoms with Gasteiger partial charge >= 0.3 is 0 Å². The Kier molecular flexibility index (Phi) is 8.12. The summed E-state index contributed by atoms with van der Waals surface area (Å²) in [6, 6.07) is 10.0. The molecule has 0 saturated heterocycles. The minimum absolute atomic E-state index is 0.737. The van der Waals surface area contributed by atoms with Crippen LogP contribution in [0.2, 0.25) is 0 Å². The van der Waals surface area contributed by atoms with Crippen LogP contribution < -0.4 is 21.5 Å². The molecule has 100 valence electrons. The van der Waals surface area contributed by atoms with Crippen molar-refractivity contribution in [2.75, 3.05) is 0 Å². The van der Waals surface area contributed by atoms with Crippen LogP contribution in [0.1, 0.15) is 12.0 Å². The third-order valence-electron chi connectivity index (χ3n) is 1.78. The summed E-state index contributed by atoms with van der Waals surface area (Å²) in [4.78, 5) is 19.1. The molecule has 1 rings (SSSR count). The normalized spacial score (nSPS) is 11.0. The van der Waals surface area contributed by atoms with E-state index >= 15 is 0 Å². The molecule has 0 heterocycles. The highest BCUT2D eigenvalue weighted by Crippen LogP contribution is 1.95. The van der Waals surface area contributed by atoms with Gasteiger partial charge in [0, 0.05) is 18.9 Å². The van der Waals surface area contributed by atoms with E-state index in [0.29, 0.717) is 0 Å². The third kappa shape index (κ3) is 8.22. The van der Waals surface area contributed by atoms with Crippen molar-refractivity contribution < 1.29 is 24.9 Å². The Bertz CT molecular complexity index is 369. The summed E-state index contributed by atoms with van der Waals surface area (Å²) in [5.74, 6) is 1.69. The monoisotopic (exact) mass is 254 g/mol. The zero-order valence-corrected chi connectivity index (χ0v) is 9.54. The molecule has 0 saturated carbocycles. The van der Waals surface area contributed by atoms with Crippen LogP contribution in [0.15, 0.2) is 30.3 Å². The van der Waals surface area contributed by atoms with Crippen molar-refractivity contribution in [1.82, 2.24) is 5.43 Å². The molecular formula is C11H14N2O5-2. The van der Waals surface area contributed by atoms with Crippen molar-refractivity contribution in [2.45, 2.75) is 19.1 Å². The summed E-state index contributed by atoms with van der Waals surface area (Å²) in [6.45, 7) is 0.737. The Hall–Kier alpha value is -1.96. The van der Waals surface area contributed by atoms with Crippen LogP contribution in [0, 0.1) is 0 Å². The summed E-state index contributed by atoms with van der Waals surface area (Å²) in [5, 5.41) is 27.3. The number of hydrogen-bond acceptors (Lipinski definition) is 7. The molecular weight excluding hydrogens is 240 g/mol. The largest absolute Gasteiger partial charge is 0.550 e. The molecule has 0 aromatic heterocycles. The highest BCUT2D eigenvalue weighted by Gasteiger charge is 2.03. The Balaban J connectivity index is 0.000000321. The lowest BCUT2D eigenvalue weighted by molar-refractivity contribution is -0.323. The van der Waals surface area contributed by atoms with Gasteiger partial charge in [-0.15, -0.1) is 0 Å². The van der Waals surface area contributed by atoms with E-state index in [1.807, 2.05) is 30.3 Å². The maximum Gasteiger partial charge on any atom is 0.0985 e. The smallest absolute Gasteiger partial charge is 0.0985 e. The summed E-state index contributed by atoms with van der Waals surface area (Å²) < 4.78 is 0. The number of aliphatic hydroxyl groups excluding tert-OH is 1. The predicted octanol–water partition coefficient (Wildman–Crippen LogP) is -3.11. The van der Waals surface area contributed by atoms with Crippen LogP contribution in [0.4, 0.5) is 0 Å². The van der Waals surface area contributed by atoms with Gasteiger partial charge in [0.1, 0.15) is 0 Å². The van der Waals surface area contributed by atoms with Crippen LogP contribution >= 0.6 is 0 Å². The van der Waals surface area contributed by atoms with Crippen LogP contribution in [-0.4, -0.2) is 23.1 Å². The number of nitrogens with one attached hydrogen (secondary N) is 1. The van der Waals surface area contributed by atoms with Gasteiger partial charge in [-0.1, -0.05) is 30.3 Å². The first-order valence-electron chi connectivity index (χ1n) is 5.03. The van der Waals surface area contributed by atoms with Crippen molar-refractivity contribution in [3.8, 4) is 0 Å². The number of carboxylic acids is 2. The molecule has 1 unspecified atom stereocenters. The van der Waals surface area contributed by atoms with Crippen molar-refractivity contribution in [3.05, 3.63) is 35.9 Å². The van der Waals surface area contributed by atoms with E-state index < -0.39 is 24.5 Å². The number of carboxylic acid groups (broad SMARTS) is 2. The van der Waals surface area contributed by atoms with Crippen molar-refractivity contribution in [2.24, 2.45) is 5.84 Å². The molecule has 0 spiro atoms. The SMILES string of the molecule is NNCc1ccccc1.O=C([O-])CC(O)C(=O)[O-]. The number of nitrogens with two attached hydrogens (primary N) is 1. The van der Waals surface area contributed by atoms with Gasteiger partial charge < -0.3 is 24.9 Å². The number of rotatable bonds is 5. The minimum Gasteiger partial charge on any atom is -0.550 e. The molecule has 7 heteroatoms. The molecule has 0 bridgehead atoms. The standard InChI is InChI=1S/C7H10N2.C4H6O5/c8-9-6-7-4-2-1-3-5-7;5-2(4(8)9)1-3(6)7/h1-5,9H,6,8H2;2,5H,1H2,(H,6,7)(H,8,9)/p-2. The number of aliphatic carboxylic acids is 2.